The molecule has 15 N–H and O–H groups in total. The van der Waals surface area contributed by atoms with Crippen molar-refractivity contribution < 1.29 is 34.2 Å². The largest absolute Gasteiger partial charge is 0.481 e. The smallest absolute Gasteiger partial charge is 0.326 e. The summed E-state index contributed by atoms with van der Waals surface area (Å²) >= 11 is 0. The highest BCUT2D eigenvalue weighted by atomic mass is 16.4. The van der Waals surface area contributed by atoms with Crippen molar-refractivity contribution in [3.63, 3.8) is 0 Å². The van der Waals surface area contributed by atoms with E-state index in [0.717, 1.165) is 0 Å². The summed E-state index contributed by atoms with van der Waals surface area (Å²) < 4.78 is 0. The van der Waals surface area contributed by atoms with E-state index >= 15 is 0 Å². The molecule has 3 amide bonds. The van der Waals surface area contributed by atoms with E-state index in [1.807, 2.05) is 0 Å². The van der Waals surface area contributed by atoms with Crippen LogP contribution in [0.5, 0.6) is 0 Å². The van der Waals surface area contributed by atoms with Gasteiger partial charge in [-0.15, -0.1) is 0 Å². The molecular formula is C25H40N10O7. The number of carboxylic acids is 2. The van der Waals surface area contributed by atoms with Crippen molar-refractivity contribution in [2.24, 2.45) is 38.7 Å². The first-order chi connectivity index (χ1) is 19.8. The van der Waals surface area contributed by atoms with Crippen LogP contribution in [0, 0.1) is 0 Å². The van der Waals surface area contributed by atoms with Crippen LogP contribution in [-0.4, -0.2) is 89.0 Å². The van der Waals surface area contributed by atoms with Crippen molar-refractivity contribution in [3.05, 3.63) is 35.9 Å². The number of nitrogens with one attached hydrogen (secondary N) is 3. The molecule has 1 rings (SSSR count). The molecule has 4 unspecified atom stereocenters. The summed E-state index contributed by atoms with van der Waals surface area (Å²) in [6.45, 7) is 0.352. The Hall–Kier alpha value is -4.93. The number of hydrogen-bond donors (Lipinski definition) is 10. The van der Waals surface area contributed by atoms with Crippen LogP contribution in [0.25, 0.3) is 0 Å². The highest BCUT2D eigenvalue weighted by Crippen LogP contribution is 2.07. The first kappa shape index (κ1) is 35.1. The van der Waals surface area contributed by atoms with Crippen molar-refractivity contribution in [3.8, 4) is 0 Å². The minimum atomic E-state index is -1.65. The summed E-state index contributed by atoms with van der Waals surface area (Å²) in [5, 5.41) is 26.0. The minimum Gasteiger partial charge on any atom is -0.481 e. The third-order valence-electron chi connectivity index (χ3n) is 5.79. The van der Waals surface area contributed by atoms with E-state index in [9.17, 15) is 34.2 Å². The fourth-order valence-electron chi connectivity index (χ4n) is 3.68. The number of amides is 3. The lowest BCUT2D eigenvalue weighted by Crippen LogP contribution is -2.57. The summed E-state index contributed by atoms with van der Waals surface area (Å²) in [4.78, 5) is 69.8. The number of hydrogen-bond acceptors (Lipinski definition) is 8. The predicted molar refractivity (Wildman–Crippen MR) is 154 cm³/mol. The van der Waals surface area contributed by atoms with Gasteiger partial charge in [0.1, 0.15) is 18.1 Å². The zero-order valence-electron chi connectivity index (χ0n) is 23.1. The molecule has 0 radical (unpaired) electrons. The maximum Gasteiger partial charge on any atom is 0.326 e. The Balaban J connectivity index is 3.02. The van der Waals surface area contributed by atoms with E-state index in [2.05, 4.69) is 25.9 Å². The topological polar surface area (TPSA) is 317 Å². The summed E-state index contributed by atoms with van der Waals surface area (Å²) in [5.41, 5.74) is 27.7. The maximum absolute atomic E-state index is 13.2. The summed E-state index contributed by atoms with van der Waals surface area (Å²) in [6, 6.07) is 3.13. The molecule has 232 valence electrons. The first-order valence-electron chi connectivity index (χ1n) is 13.1. The molecule has 0 aromatic heterocycles. The fourth-order valence-corrected chi connectivity index (χ4v) is 3.68. The van der Waals surface area contributed by atoms with E-state index < -0.39 is 60.2 Å². The second-order valence-electron chi connectivity index (χ2n) is 9.31. The number of nitrogens with two attached hydrogens (primary N) is 5. The van der Waals surface area contributed by atoms with Crippen molar-refractivity contribution in [1.29, 1.82) is 0 Å². The van der Waals surface area contributed by atoms with Gasteiger partial charge in [-0.25, -0.2) is 4.79 Å². The summed E-state index contributed by atoms with van der Waals surface area (Å²) in [7, 11) is 0. The van der Waals surface area contributed by atoms with Gasteiger partial charge < -0.3 is 54.8 Å². The van der Waals surface area contributed by atoms with Gasteiger partial charge in [-0.1, -0.05) is 30.3 Å². The van der Waals surface area contributed by atoms with Crippen molar-refractivity contribution in [1.82, 2.24) is 16.0 Å². The van der Waals surface area contributed by atoms with Crippen LogP contribution in [0.4, 0.5) is 0 Å². The van der Waals surface area contributed by atoms with Gasteiger partial charge in [0.05, 0.1) is 12.5 Å². The minimum absolute atomic E-state index is 0.00222. The zero-order valence-corrected chi connectivity index (χ0v) is 23.1. The Morgan fingerprint density at radius 1 is 0.714 bits per heavy atom. The van der Waals surface area contributed by atoms with Crippen molar-refractivity contribution >= 4 is 41.6 Å². The Labute approximate surface area is 242 Å². The number of benzene rings is 1. The molecule has 42 heavy (non-hydrogen) atoms. The number of guanidine groups is 2. The second kappa shape index (κ2) is 18.4. The highest BCUT2D eigenvalue weighted by Gasteiger charge is 2.31. The third-order valence-corrected chi connectivity index (χ3v) is 5.79. The molecular weight excluding hydrogens is 552 g/mol. The predicted octanol–water partition coefficient (Wildman–Crippen LogP) is -3.32. The van der Waals surface area contributed by atoms with Gasteiger partial charge in [0, 0.05) is 19.5 Å². The first-order valence-corrected chi connectivity index (χ1v) is 13.1. The number of nitrogens with zero attached hydrogens (tertiary/aromatic N) is 2. The normalized spacial score (nSPS) is 13.4. The molecule has 17 nitrogen and oxygen atoms in total. The second-order valence-corrected chi connectivity index (χ2v) is 9.31. The number of carbonyl (C=O) groups is 5. The van der Waals surface area contributed by atoms with Crippen LogP contribution in [0.1, 0.15) is 37.7 Å². The molecule has 0 heterocycles. The number of aliphatic carboxylic acids is 2. The van der Waals surface area contributed by atoms with Crippen molar-refractivity contribution in [2.45, 2.75) is 62.7 Å². The molecule has 1 aromatic carbocycles. The fraction of sp³-hybridized carbons (Fsp3) is 0.480. The average Bonchev–Trinajstić information content (AvgIpc) is 2.91. The lowest BCUT2D eigenvalue weighted by molar-refractivity contribution is -0.143. The molecule has 0 saturated carbocycles. The van der Waals surface area contributed by atoms with E-state index in [1.54, 1.807) is 30.3 Å². The van der Waals surface area contributed by atoms with Crippen molar-refractivity contribution in [2.75, 3.05) is 13.1 Å². The number of rotatable bonds is 19. The van der Waals surface area contributed by atoms with Gasteiger partial charge in [-0.2, -0.15) is 0 Å². The standard InChI is InChI=1S/C25H40N10O7/c26-15(8-4-10-31-24(27)28)20(38)33-16(9-5-11-32-25(29)30)21(39)34-17(13-19(36)37)22(40)35-18(23(41)42)12-14-6-2-1-3-7-14/h1-3,6-7,15-18H,4-5,8-13,26H2,(H,33,38)(H,34,39)(H,35,40)(H,36,37)(H,41,42)(H4,27,28,31)(H4,29,30,32). The van der Waals surface area contributed by atoms with Crippen LogP contribution >= 0.6 is 0 Å². The van der Waals surface area contributed by atoms with Gasteiger partial charge in [-0.05, 0) is 31.2 Å². The Bertz CT molecular complexity index is 1120. The molecule has 17 heteroatoms. The third kappa shape index (κ3) is 14.5. The molecule has 0 saturated heterocycles. The number of carboxylic acid groups (broad SMARTS) is 2. The van der Waals surface area contributed by atoms with E-state index in [-0.39, 0.29) is 50.7 Å². The van der Waals surface area contributed by atoms with Gasteiger partial charge in [0.2, 0.25) is 17.7 Å². The lowest BCUT2D eigenvalue weighted by atomic mass is 10.0. The van der Waals surface area contributed by atoms with Crippen LogP contribution in [0.2, 0.25) is 0 Å². The average molecular weight is 593 g/mol. The molecule has 0 aliphatic rings. The SMILES string of the molecule is NC(N)=NCCCC(N)C(=O)NC(CCCN=C(N)N)C(=O)NC(CC(=O)O)C(=O)NC(Cc1ccccc1)C(=O)O. The Morgan fingerprint density at radius 3 is 1.74 bits per heavy atom. The summed E-state index contributed by atoms with van der Waals surface area (Å²) in [5.74, 6) is -5.68. The molecule has 1 aromatic rings. The van der Waals surface area contributed by atoms with Gasteiger partial charge in [0.15, 0.2) is 11.9 Å². The maximum atomic E-state index is 13.2. The molecule has 0 bridgehead atoms. The Morgan fingerprint density at radius 2 is 1.21 bits per heavy atom. The summed E-state index contributed by atoms with van der Waals surface area (Å²) in [6.07, 6.45) is -0.143. The van der Waals surface area contributed by atoms with Crippen LogP contribution in [-0.2, 0) is 30.4 Å². The number of aliphatic imine (C=N–C) groups is 2. The van der Waals surface area contributed by atoms with E-state index in [0.29, 0.717) is 12.0 Å². The molecule has 0 aliphatic heterocycles. The van der Waals surface area contributed by atoms with Gasteiger partial charge >= 0.3 is 11.9 Å². The van der Waals surface area contributed by atoms with Gasteiger partial charge in [-0.3, -0.25) is 29.2 Å². The lowest BCUT2D eigenvalue weighted by Gasteiger charge is -2.24. The van der Waals surface area contributed by atoms with Crippen LogP contribution < -0.4 is 44.6 Å². The van der Waals surface area contributed by atoms with Crippen LogP contribution in [0.3, 0.4) is 0 Å². The van der Waals surface area contributed by atoms with E-state index in [4.69, 9.17) is 28.7 Å². The molecule has 0 aliphatic carbocycles. The molecule has 0 spiro atoms. The quantitative estimate of drug-likeness (QED) is 0.0428. The monoisotopic (exact) mass is 592 g/mol. The highest BCUT2D eigenvalue weighted by molar-refractivity contribution is 5.95. The Kier molecular flexibility index (Phi) is 15.4. The molecule has 4 atom stereocenters. The number of carbonyl (C=O) groups excluding carboxylic acids is 3. The van der Waals surface area contributed by atoms with E-state index in [1.165, 1.54) is 0 Å². The van der Waals surface area contributed by atoms with Crippen LogP contribution in [0.15, 0.2) is 40.3 Å². The van der Waals surface area contributed by atoms with Gasteiger partial charge in [0.25, 0.3) is 0 Å². The zero-order chi connectivity index (χ0) is 31.7. The molecule has 0 fully saturated rings.